The van der Waals surface area contributed by atoms with Gasteiger partial charge in [-0.2, -0.15) is 0 Å². The predicted molar refractivity (Wildman–Crippen MR) is 81.8 cm³/mol. The van der Waals surface area contributed by atoms with Gasteiger partial charge in [-0.25, -0.2) is 0 Å². The van der Waals surface area contributed by atoms with Crippen LogP contribution in [-0.4, -0.2) is 42.2 Å². The summed E-state index contributed by atoms with van der Waals surface area (Å²) in [4.78, 5) is 7.13. The van der Waals surface area contributed by atoms with E-state index in [1.54, 1.807) is 0 Å². The number of hydrogen-bond donors (Lipinski definition) is 1. The second kappa shape index (κ2) is 5.92. The Hall–Kier alpha value is -0.770. The third-order valence-electron chi connectivity index (χ3n) is 5.64. The summed E-state index contributed by atoms with van der Waals surface area (Å²) in [6.45, 7) is 0.841. The van der Waals surface area contributed by atoms with E-state index in [9.17, 15) is 0 Å². The van der Waals surface area contributed by atoms with Crippen molar-refractivity contribution in [1.29, 1.82) is 0 Å². The smallest absolute Gasteiger partial charge is 0.192 e. The molecule has 0 radical (unpaired) electrons. The first-order chi connectivity index (χ1) is 9.78. The van der Waals surface area contributed by atoms with Crippen molar-refractivity contribution in [2.75, 3.05) is 13.7 Å². The number of nitrogens with two attached hydrogens (primary N) is 1. The van der Waals surface area contributed by atoms with Crippen LogP contribution in [0.5, 0.6) is 0 Å². The summed E-state index contributed by atoms with van der Waals surface area (Å²) in [5, 5.41) is 0. The van der Waals surface area contributed by atoms with E-state index >= 15 is 0 Å². The average molecular weight is 279 g/mol. The minimum atomic E-state index is 0.0616. The van der Waals surface area contributed by atoms with Gasteiger partial charge in [-0.05, 0) is 25.7 Å². The van der Waals surface area contributed by atoms with Crippen LogP contribution in [0.15, 0.2) is 4.99 Å². The molecule has 2 fully saturated rings. The van der Waals surface area contributed by atoms with Crippen molar-refractivity contribution in [2.45, 2.75) is 81.9 Å². The zero-order chi connectivity index (χ0) is 14.0. The summed E-state index contributed by atoms with van der Waals surface area (Å²) in [5.41, 5.74) is 6.37. The van der Waals surface area contributed by atoms with E-state index in [-0.39, 0.29) is 5.54 Å². The van der Waals surface area contributed by atoms with Gasteiger partial charge in [0.2, 0.25) is 0 Å². The van der Waals surface area contributed by atoms with Crippen molar-refractivity contribution in [3.8, 4) is 0 Å². The van der Waals surface area contributed by atoms with Crippen LogP contribution in [0.25, 0.3) is 0 Å². The van der Waals surface area contributed by atoms with Gasteiger partial charge in [-0.1, -0.05) is 38.5 Å². The average Bonchev–Trinajstić information content (AvgIpc) is 2.68. The lowest BCUT2D eigenvalue weighted by Gasteiger charge is -2.50. The number of nitrogens with zero attached hydrogens (tertiary/aromatic N) is 2. The highest BCUT2D eigenvalue weighted by Crippen LogP contribution is 2.41. The molecule has 1 spiro atoms. The fourth-order valence-corrected chi connectivity index (χ4v) is 4.65. The summed E-state index contributed by atoms with van der Waals surface area (Å²) in [6, 6.07) is 0.583. The first-order valence-electron chi connectivity index (χ1n) is 8.40. The molecule has 114 valence electrons. The first-order valence-corrected chi connectivity index (χ1v) is 8.40. The summed E-state index contributed by atoms with van der Waals surface area (Å²) in [5.74, 6) is 0.779. The molecule has 4 nitrogen and oxygen atoms in total. The van der Waals surface area contributed by atoms with Gasteiger partial charge < -0.3 is 15.4 Å². The standard InChI is InChI=1S/C16H29N3O/c1-20-14-10-6-7-11-16(14)12-18-15(17)19(16)13-8-4-2-3-5-9-13/h13-14H,2-12H2,1H3,(H2,17,18). The van der Waals surface area contributed by atoms with E-state index in [2.05, 4.69) is 9.89 Å². The normalized spacial score (nSPS) is 36.1. The highest BCUT2D eigenvalue weighted by Gasteiger charge is 2.51. The molecule has 1 heterocycles. The molecule has 0 bridgehead atoms. The van der Waals surface area contributed by atoms with Crippen molar-refractivity contribution < 1.29 is 4.74 Å². The van der Waals surface area contributed by atoms with Crippen LogP contribution < -0.4 is 5.73 Å². The van der Waals surface area contributed by atoms with Crippen LogP contribution in [0.4, 0.5) is 0 Å². The Morgan fingerprint density at radius 3 is 2.50 bits per heavy atom. The SMILES string of the molecule is COC1CCCCC12CN=C(N)N2C1CCCCCC1. The lowest BCUT2D eigenvalue weighted by atomic mass is 9.77. The van der Waals surface area contributed by atoms with Gasteiger partial charge in [-0.15, -0.1) is 0 Å². The van der Waals surface area contributed by atoms with Gasteiger partial charge in [-0.3, -0.25) is 4.99 Å². The molecule has 0 saturated heterocycles. The lowest BCUT2D eigenvalue weighted by Crippen LogP contribution is -2.63. The van der Waals surface area contributed by atoms with Crippen molar-refractivity contribution in [1.82, 2.24) is 4.90 Å². The highest BCUT2D eigenvalue weighted by molar-refractivity contribution is 5.81. The maximum Gasteiger partial charge on any atom is 0.192 e. The second-order valence-electron chi connectivity index (χ2n) is 6.76. The molecule has 2 aliphatic carbocycles. The Morgan fingerprint density at radius 2 is 1.80 bits per heavy atom. The van der Waals surface area contributed by atoms with Crippen molar-refractivity contribution in [2.24, 2.45) is 10.7 Å². The van der Waals surface area contributed by atoms with Crippen LogP contribution in [0.1, 0.15) is 64.2 Å². The maximum absolute atomic E-state index is 6.30. The summed E-state index contributed by atoms with van der Waals surface area (Å²) in [6.07, 6.45) is 13.2. The van der Waals surface area contributed by atoms with Crippen molar-refractivity contribution in [3.63, 3.8) is 0 Å². The zero-order valence-corrected chi connectivity index (χ0v) is 12.8. The number of guanidine groups is 1. The molecule has 20 heavy (non-hydrogen) atoms. The van der Waals surface area contributed by atoms with E-state index in [1.807, 2.05) is 7.11 Å². The molecule has 2 unspecified atom stereocenters. The van der Waals surface area contributed by atoms with E-state index in [1.165, 1.54) is 57.8 Å². The molecule has 0 aromatic heterocycles. The molecule has 3 rings (SSSR count). The first kappa shape index (κ1) is 14.2. The van der Waals surface area contributed by atoms with Crippen LogP contribution in [0.3, 0.4) is 0 Å². The zero-order valence-electron chi connectivity index (χ0n) is 12.8. The molecule has 0 aromatic rings. The van der Waals surface area contributed by atoms with Crippen LogP contribution >= 0.6 is 0 Å². The Bertz CT molecular complexity index is 363. The van der Waals surface area contributed by atoms with Crippen LogP contribution in [0.2, 0.25) is 0 Å². The number of aliphatic imine (C=N–C) groups is 1. The highest BCUT2D eigenvalue weighted by atomic mass is 16.5. The Morgan fingerprint density at radius 1 is 1.10 bits per heavy atom. The monoisotopic (exact) mass is 279 g/mol. The molecular weight excluding hydrogens is 250 g/mol. The Labute approximate surface area is 122 Å². The maximum atomic E-state index is 6.30. The van der Waals surface area contributed by atoms with Crippen molar-refractivity contribution in [3.05, 3.63) is 0 Å². The van der Waals surface area contributed by atoms with Crippen LogP contribution in [0, 0.1) is 0 Å². The van der Waals surface area contributed by atoms with E-state index in [0.29, 0.717) is 12.1 Å². The molecule has 1 aliphatic heterocycles. The molecule has 4 heteroatoms. The van der Waals surface area contributed by atoms with E-state index in [4.69, 9.17) is 10.5 Å². The molecule has 2 atom stereocenters. The van der Waals surface area contributed by atoms with Gasteiger partial charge in [0.25, 0.3) is 0 Å². The van der Waals surface area contributed by atoms with Crippen LogP contribution in [-0.2, 0) is 4.74 Å². The third-order valence-corrected chi connectivity index (χ3v) is 5.64. The van der Waals surface area contributed by atoms with Gasteiger partial charge >= 0.3 is 0 Å². The second-order valence-corrected chi connectivity index (χ2v) is 6.76. The minimum Gasteiger partial charge on any atom is -0.379 e. The number of ether oxygens (including phenoxy) is 1. The van der Waals surface area contributed by atoms with Gasteiger partial charge in [0.1, 0.15) is 0 Å². The van der Waals surface area contributed by atoms with Crippen molar-refractivity contribution >= 4 is 5.96 Å². The molecule has 2 N–H and O–H groups in total. The molecular formula is C16H29N3O. The number of hydrogen-bond acceptors (Lipinski definition) is 4. The fourth-order valence-electron chi connectivity index (χ4n) is 4.65. The summed E-state index contributed by atoms with van der Waals surface area (Å²) < 4.78 is 5.86. The van der Waals surface area contributed by atoms with E-state index in [0.717, 1.165) is 18.9 Å². The fraction of sp³-hybridized carbons (Fsp3) is 0.938. The van der Waals surface area contributed by atoms with Gasteiger partial charge in [0, 0.05) is 13.2 Å². The van der Waals surface area contributed by atoms with Gasteiger partial charge in [0.05, 0.1) is 18.2 Å². The number of methoxy groups -OCH3 is 1. The molecule has 2 saturated carbocycles. The molecule has 3 aliphatic rings. The Kier molecular flexibility index (Phi) is 4.20. The predicted octanol–water partition coefficient (Wildman–Crippen LogP) is 2.67. The minimum absolute atomic E-state index is 0.0616. The summed E-state index contributed by atoms with van der Waals surface area (Å²) >= 11 is 0. The third kappa shape index (κ3) is 2.32. The molecule has 0 amide bonds. The number of rotatable bonds is 2. The largest absolute Gasteiger partial charge is 0.379 e. The Balaban J connectivity index is 1.85. The molecule has 0 aromatic carbocycles. The van der Waals surface area contributed by atoms with Gasteiger partial charge in [0.15, 0.2) is 5.96 Å². The lowest BCUT2D eigenvalue weighted by molar-refractivity contribution is -0.0554. The summed E-state index contributed by atoms with van der Waals surface area (Å²) in [7, 11) is 1.86. The topological polar surface area (TPSA) is 50.9 Å². The van der Waals surface area contributed by atoms with E-state index < -0.39 is 0 Å². The quantitative estimate of drug-likeness (QED) is 0.791.